The van der Waals surface area contributed by atoms with E-state index in [1.807, 2.05) is 32.1 Å². The topological polar surface area (TPSA) is 27.7 Å². The van der Waals surface area contributed by atoms with Gasteiger partial charge in [-0.2, -0.15) is 0 Å². The summed E-state index contributed by atoms with van der Waals surface area (Å²) in [6.45, 7) is 19.2. The van der Waals surface area contributed by atoms with Crippen LogP contribution < -0.4 is 19.8 Å². The van der Waals surface area contributed by atoms with Gasteiger partial charge in [0.2, 0.25) is 0 Å². The van der Waals surface area contributed by atoms with Crippen LogP contribution in [0.3, 0.4) is 0 Å². The highest BCUT2D eigenvalue weighted by Crippen LogP contribution is 2.47. The van der Waals surface area contributed by atoms with E-state index in [0.29, 0.717) is 0 Å². The molecule has 3 nitrogen and oxygen atoms in total. The van der Waals surface area contributed by atoms with Crippen molar-refractivity contribution in [1.82, 2.24) is 0 Å². The first-order chi connectivity index (χ1) is 16.9. The van der Waals surface area contributed by atoms with Crippen molar-refractivity contribution in [3.63, 3.8) is 0 Å². The molecule has 0 saturated heterocycles. The first kappa shape index (κ1) is 26.2. The van der Waals surface area contributed by atoms with E-state index in [-0.39, 0.29) is 16.7 Å². The fourth-order valence-corrected chi connectivity index (χ4v) is 9.84. The molecule has 0 fully saturated rings. The van der Waals surface area contributed by atoms with Crippen LogP contribution in [0.1, 0.15) is 66.6 Å². The molecule has 1 heterocycles. The first-order valence-corrected chi connectivity index (χ1v) is 14.7. The molecule has 0 spiro atoms. The Kier molecular flexibility index (Phi) is 6.97. The molecule has 0 aliphatic carbocycles. The van der Waals surface area contributed by atoms with Crippen LogP contribution in [0.2, 0.25) is 5.04 Å². The first-order valence-electron chi connectivity index (χ1n) is 12.8. The van der Waals surface area contributed by atoms with E-state index >= 15 is 0 Å². The molecule has 0 saturated carbocycles. The zero-order valence-corrected chi connectivity index (χ0v) is 23.8. The largest absolute Gasteiger partial charge is 0.487 e. The van der Waals surface area contributed by atoms with Crippen LogP contribution in [-0.2, 0) is 4.43 Å². The Labute approximate surface area is 218 Å². The van der Waals surface area contributed by atoms with Crippen LogP contribution in [0.15, 0.2) is 91.5 Å². The van der Waals surface area contributed by atoms with Crippen molar-refractivity contribution >= 4 is 18.7 Å². The molecule has 190 valence electrons. The van der Waals surface area contributed by atoms with Gasteiger partial charge < -0.3 is 13.9 Å². The average molecular weight is 501 g/mol. The minimum atomic E-state index is -2.75. The van der Waals surface area contributed by atoms with E-state index in [2.05, 4.69) is 108 Å². The SMILES string of the molecule is C=CC(C)(C)Oc1ccc2c(c1)C(O[Si](c1ccccc1)(c1ccccc1)C(C)(C)C)CC(C)(C)O2. The summed E-state index contributed by atoms with van der Waals surface area (Å²) >= 11 is 0. The lowest BCUT2D eigenvalue weighted by atomic mass is 9.91. The number of hydrogen-bond donors (Lipinski definition) is 0. The average Bonchev–Trinajstić information content (AvgIpc) is 2.82. The summed E-state index contributed by atoms with van der Waals surface area (Å²) in [5.74, 6) is 1.65. The number of ether oxygens (including phenoxy) is 2. The van der Waals surface area contributed by atoms with Crippen molar-refractivity contribution in [2.75, 3.05) is 0 Å². The van der Waals surface area contributed by atoms with Gasteiger partial charge in [0.05, 0.1) is 6.10 Å². The van der Waals surface area contributed by atoms with Crippen molar-refractivity contribution in [3.05, 3.63) is 97.1 Å². The van der Waals surface area contributed by atoms with Crippen molar-refractivity contribution in [3.8, 4) is 11.5 Å². The molecule has 0 aromatic heterocycles. The Bertz CT molecular complexity index is 1150. The molecular formula is C32H40O3Si. The van der Waals surface area contributed by atoms with Gasteiger partial charge in [0.15, 0.2) is 0 Å². The van der Waals surface area contributed by atoms with Crippen LogP contribution in [0.25, 0.3) is 0 Å². The van der Waals surface area contributed by atoms with Gasteiger partial charge in [-0.15, -0.1) is 0 Å². The second-order valence-electron chi connectivity index (χ2n) is 11.9. The number of benzene rings is 3. The fourth-order valence-electron chi connectivity index (χ4n) is 5.19. The van der Waals surface area contributed by atoms with Crippen molar-refractivity contribution in [1.29, 1.82) is 0 Å². The zero-order valence-electron chi connectivity index (χ0n) is 22.8. The Morgan fingerprint density at radius 2 is 1.44 bits per heavy atom. The second-order valence-corrected chi connectivity index (χ2v) is 16.2. The minimum Gasteiger partial charge on any atom is -0.487 e. The molecule has 0 bridgehead atoms. The van der Waals surface area contributed by atoms with Crippen molar-refractivity contribution < 1.29 is 13.9 Å². The van der Waals surface area contributed by atoms with E-state index < -0.39 is 13.9 Å². The third kappa shape index (κ3) is 5.16. The highest BCUT2D eigenvalue weighted by atomic mass is 28.4. The van der Waals surface area contributed by atoms with Crippen LogP contribution in [0.4, 0.5) is 0 Å². The van der Waals surface area contributed by atoms with Gasteiger partial charge in [0.1, 0.15) is 22.7 Å². The zero-order chi connectivity index (χ0) is 26.2. The molecule has 0 amide bonds. The highest BCUT2D eigenvalue weighted by molar-refractivity contribution is 6.99. The molecule has 4 heteroatoms. The number of hydrogen-bond acceptors (Lipinski definition) is 3. The number of fused-ring (bicyclic) bond motifs is 1. The molecule has 36 heavy (non-hydrogen) atoms. The Hall–Kier alpha value is -2.82. The normalized spacial score (nSPS) is 17.6. The third-order valence-electron chi connectivity index (χ3n) is 7.00. The van der Waals surface area contributed by atoms with Gasteiger partial charge in [-0.3, -0.25) is 0 Å². The molecule has 0 radical (unpaired) electrons. The van der Waals surface area contributed by atoms with E-state index in [9.17, 15) is 0 Å². The molecule has 1 atom stereocenters. The van der Waals surface area contributed by atoms with Gasteiger partial charge in [0, 0.05) is 12.0 Å². The van der Waals surface area contributed by atoms with Crippen LogP contribution in [0, 0.1) is 0 Å². The predicted octanol–water partition coefficient (Wildman–Crippen LogP) is 7.21. The smallest absolute Gasteiger partial charge is 0.261 e. The lowest BCUT2D eigenvalue weighted by Crippen LogP contribution is -2.67. The maximum Gasteiger partial charge on any atom is 0.261 e. The molecule has 1 unspecified atom stereocenters. The summed E-state index contributed by atoms with van der Waals surface area (Å²) in [6, 6.07) is 27.7. The van der Waals surface area contributed by atoms with Gasteiger partial charge in [-0.1, -0.05) is 88.0 Å². The molecular weight excluding hydrogens is 460 g/mol. The fraction of sp³-hybridized carbons (Fsp3) is 0.375. The van der Waals surface area contributed by atoms with Gasteiger partial charge in [-0.25, -0.2) is 0 Å². The maximum atomic E-state index is 7.57. The van der Waals surface area contributed by atoms with E-state index in [1.165, 1.54) is 10.4 Å². The van der Waals surface area contributed by atoms with Crippen molar-refractivity contribution in [2.45, 2.75) is 77.2 Å². The van der Waals surface area contributed by atoms with Crippen LogP contribution >= 0.6 is 0 Å². The summed E-state index contributed by atoms with van der Waals surface area (Å²) < 4.78 is 20.3. The highest BCUT2D eigenvalue weighted by Gasteiger charge is 2.53. The summed E-state index contributed by atoms with van der Waals surface area (Å²) in [7, 11) is -2.75. The van der Waals surface area contributed by atoms with Gasteiger partial charge in [-0.05, 0) is 67.4 Å². The summed E-state index contributed by atoms with van der Waals surface area (Å²) in [5, 5.41) is 2.43. The van der Waals surface area contributed by atoms with Crippen molar-refractivity contribution in [2.24, 2.45) is 0 Å². The van der Waals surface area contributed by atoms with Crippen LogP contribution in [-0.4, -0.2) is 19.5 Å². The molecule has 1 aliphatic rings. The summed E-state index contributed by atoms with van der Waals surface area (Å²) in [5.41, 5.74) is 0.211. The summed E-state index contributed by atoms with van der Waals surface area (Å²) in [6.07, 6.45) is 2.42. The second kappa shape index (κ2) is 9.57. The van der Waals surface area contributed by atoms with E-state index in [1.54, 1.807) is 0 Å². The number of rotatable bonds is 7. The van der Waals surface area contributed by atoms with E-state index in [4.69, 9.17) is 13.9 Å². The lowest BCUT2D eigenvalue weighted by Gasteiger charge is -2.48. The van der Waals surface area contributed by atoms with Gasteiger partial charge >= 0.3 is 0 Å². The molecule has 4 rings (SSSR count). The van der Waals surface area contributed by atoms with Gasteiger partial charge in [0.25, 0.3) is 8.32 Å². The predicted molar refractivity (Wildman–Crippen MR) is 152 cm³/mol. The van der Waals surface area contributed by atoms with E-state index in [0.717, 1.165) is 23.5 Å². The van der Waals surface area contributed by atoms with Crippen LogP contribution in [0.5, 0.6) is 11.5 Å². The quantitative estimate of drug-likeness (QED) is 0.253. The Morgan fingerprint density at radius 3 is 1.94 bits per heavy atom. The minimum absolute atomic E-state index is 0.114. The third-order valence-corrected chi connectivity index (χ3v) is 12.0. The monoisotopic (exact) mass is 500 g/mol. The maximum absolute atomic E-state index is 7.57. The summed E-state index contributed by atoms with van der Waals surface area (Å²) in [4.78, 5) is 0. The molecule has 3 aromatic rings. The lowest BCUT2D eigenvalue weighted by molar-refractivity contribution is 0.0176. The Morgan fingerprint density at radius 1 is 0.889 bits per heavy atom. The molecule has 3 aromatic carbocycles. The molecule has 1 aliphatic heterocycles. The standard InChI is InChI=1S/C32H40O3Si/c1-9-31(5,6)33-24-20-21-28-27(22-24)29(23-32(7,8)34-28)35-36(30(2,3)4,25-16-12-10-13-17-25)26-18-14-11-15-19-26/h9-22,29H,1,23H2,2-8H3. The Balaban J connectivity index is 1.89. The molecule has 0 N–H and O–H groups in total.